The van der Waals surface area contributed by atoms with Crippen molar-refractivity contribution in [1.29, 1.82) is 0 Å². The molecule has 1 aliphatic carbocycles. The topological polar surface area (TPSA) is 67.4 Å². The van der Waals surface area contributed by atoms with Gasteiger partial charge in [-0.1, -0.05) is 19.3 Å². The number of alkyl carbamates (subject to hydrolysis) is 1. The average Bonchev–Trinajstić information content (AvgIpc) is 2.27. The fourth-order valence-corrected chi connectivity index (χ4v) is 2.46. The third kappa shape index (κ3) is 4.82. The molecule has 19 heavy (non-hydrogen) atoms. The average molecular weight is 270 g/mol. The lowest BCUT2D eigenvalue weighted by Gasteiger charge is -2.37. The molecule has 0 saturated heterocycles. The lowest BCUT2D eigenvalue weighted by Crippen LogP contribution is -2.58. The van der Waals surface area contributed by atoms with Crippen molar-refractivity contribution in [3.63, 3.8) is 0 Å². The van der Waals surface area contributed by atoms with E-state index in [4.69, 9.17) is 4.74 Å². The largest absolute Gasteiger partial charge is 0.444 e. The molecular weight excluding hydrogens is 244 g/mol. The van der Waals surface area contributed by atoms with Gasteiger partial charge in [0.05, 0.1) is 6.54 Å². The fourth-order valence-electron chi connectivity index (χ4n) is 2.46. The molecule has 0 aromatic rings. The Hall–Kier alpha value is -1.10. The van der Waals surface area contributed by atoms with Gasteiger partial charge in [-0.2, -0.15) is 0 Å². The first kappa shape index (κ1) is 16.0. The first-order valence-corrected chi connectivity index (χ1v) is 6.98. The van der Waals surface area contributed by atoms with E-state index in [0.29, 0.717) is 12.8 Å². The smallest absolute Gasteiger partial charge is 0.408 e. The normalized spacial score (nSPS) is 18.7. The van der Waals surface area contributed by atoms with E-state index in [2.05, 4.69) is 10.6 Å². The van der Waals surface area contributed by atoms with E-state index in [9.17, 15) is 9.59 Å². The molecule has 1 amide bonds. The molecule has 0 atom stereocenters. The van der Waals surface area contributed by atoms with Crippen LogP contribution in [0.2, 0.25) is 0 Å². The Morgan fingerprint density at radius 1 is 1.16 bits per heavy atom. The van der Waals surface area contributed by atoms with Gasteiger partial charge in [-0.15, -0.1) is 0 Å². The molecule has 2 N–H and O–H groups in total. The molecule has 0 heterocycles. The zero-order chi connectivity index (χ0) is 14.5. The number of ketones is 1. The number of carbonyl (C=O) groups is 2. The van der Waals surface area contributed by atoms with Crippen LogP contribution in [0.25, 0.3) is 0 Å². The van der Waals surface area contributed by atoms with Crippen molar-refractivity contribution in [3.8, 4) is 0 Å². The molecule has 0 unspecified atom stereocenters. The zero-order valence-corrected chi connectivity index (χ0v) is 12.5. The van der Waals surface area contributed by atoms with Crippen molar-refractivity contribution in [2.75, 3.05) is 13.6 Å². The number of carbonyl (C=O) groups excluding carboxylic acids is 2. The van der Waals surface area contributed by atoms with Gasteiger partial charge in [-0.05, 0) is 40.7 Å². The van der Waals surface area contributed by atoms with Crippen molar-refractivity contribution < 1.29 is 14.3 Å². The second-order valence-electron chi connectivity index (χ2n) is 6.22. The van der Waals surface area contributed by atoms with Crippen LogP contribution in [0.4, 0.5) is 4.79 Å². The number of Topliss-reactive ketones (excluding diaryl/α,β-unsaturated/α-hetero) is 1. The van der Waals surface area contributed by atoms with Crippen LogP contribution in [0.5, 0.6) is 0 Å². The molecule has 0 aliphatic heterocycles. The highest BCUT2D eigenvalue weighted by molar-refractivity contribution is 5.93. The highest BCUT2D eigenvalue weighted by atomic mass is 16.6. The fraction of sp³-hybridized carbons (Fsp3) is 0.857. The van der Waals surface area contributed by atoms with Gasteiger partial charge >= 0.3 is 6.09 Å². The molecule has 0 aromatic heterocycles. The molecule has 0 radical (unpaired) electrons. The summed E-state index contributed by atoms with van der Waals surface area (Å²) in [5.74, 6) is 0.0422. The summed E-state index contributed by atoms with van der Waals surface area (Å²) >= 11 is 0. The van der Waals surface area contributed by atoms with Gasteiger partial charge in [0, 0.05) is 0 Å². The summed E-state index contributed by atoms with van der Waals surface area (Å²) in [4.78, 5) is 24.2. The maximum absolute atomic E-state index is 12.3. The summed E-state index contributed by atoms with van der Waals surface area (Å²) in [7, 11) is 1.74. The van der Waals surface area contributed by atoms with Crippen LogP contribution < -0.4 is 10.6 Å². The van der Waals surface area contributed by atoms with Crippen LogP contribution in [0.15, 0.2) is 0 Å². The zero-order valence-electron chi connectivity index (χ0n) is 12.5. The Morgan fingerprint density at radius 2 is 1.74 bits per heavy atom. The molecule has 1 fully saturated rings. The maximum atomic E-state index is 12.3. The monoisotopic (exact) mass is 270 g/mol. The van der Waals surface area contributed by atoms with Crippen LogP contribution in [0, 0.1) is 0 Å². The van der Waals surface area contributed by atoms with Crippen LogP contribution in [-0.2, 0) is 9.53 Å². The minimum absolute atomic E-state index is 0.0422. The molecule has 5 heteroatoms. The summed E-state index contributed by atoms with van der Waals surface area (Å²) in [6.07, 6.45) is 3.94. The standard InChI is InChI=1S/C14H26N2O3/c1-13(2,3)19-12(18)16-14(11(17)10-15-4)8-6-5-7-9-14/h15H,5-10H2,1-4H3,(H,16,18). The summed E-state index contributed by atoms with van der Waals surface area (Å²) in [5.41, 5.74) is -1.30. The van der Waals surface area contributed by atoms with E-state index in [1.807, 2.05) is 20.8 Å². The predicted octanol–water partition coefficient (Wildman–Crippen LogP) is 2.00. The van der Waals surface area contributed by atoms with Crippen molar-refractivity contribution in [3.05, 3.63) is 0 Å². The second-order valence-corrected chi connectivity index (χ2v) is 6.22. The minimum Gasteiger partial charge on any atom is -0.444 e. The Bertz CT molecular complexity index is 328. The summed E-state index contributed by atoms with van der Waals surface area (Å²) in [6, 6.07) is 0. The van der Waals surface area contributed by atoms with Gasteiger partial charge < -0.3 is 15.4 Å². The third-order valence-electron chi connectivity index (χ3n) is 3.32. The van der Waals surface area contributed by atoms with Crippen molar-refractivity contribution in [2.24, 2.45) is 0 Å². The molecular formula is C14H26N2O3. The first-order valence-electron chi connectivity index (χ1n) is 6.98. The Labute approximate surface area is 115 Å². The molecule has 0 bridgehead atoms. The third-order valence-corrected chi connectivity index (χ3v) is 3.32. The SMILES string of the molecule is CNCC(=O)C1(NC(=O)OC(C)(C)C)CCCCC1. The number of rotatable bonds is 4. The number of likely N-dealkylation sites (N-methyl/N-ethyl adjacent to an activating group) is 1. The van der Waals surface area contributed by atoms with Gasteiger partial charge in [0.1, 0.15) is 11.1 Å². The number of hydrogen-bond acceptors (Lipinski definition) is 4. The van der Waals surface area contributed by atoms with Crippen LogP contribution in [0.3, 0.4) is 0 Å². The molecule has 1 rings (SSSR count). The van der Waals surface area contributed by atoms with E-state index in [1.54, 1.807) is 7.05 Å². The van der Waals surface area contributed by atoms with Crippen molar-refractivity contribution in [2.45, 2.75) is 64.0 Å². The van der Waals surface area contributed by atoms with E-state index >= 15 is 0 Å². The van der Waals surface area contributed by atoms with Gasteiger partial charge in [0.15, 0.2) is 5.78 Å². The van der Waals surface area contributed by atoms with E-state index in [0.717, 1.165) is 19.3 Å². The summed E-state index contributed by atoms with van der Waals surface area (Å²) in [6.45, 7) is 5.72. The van der Waals surface area contributed by atoms with Gasteiger partial charge in [0.25, 0.3) is 0 Å². The first-order chi connectivity index (χ1) is 8.79. The Balaban J connectivity index is 2.74. The van der Waals surface area contributed by atoms with Crippen LogP contribution >= 0.6 is 0 Å². The van der Waals surface area contributed by atoms with E-state index in [-0.39, 0.29) is 12.3 Å². The molecule has 0 aromatic carbocycles. The number of hydrogen-bond donors (Lipinski definition) is 2. The highest BCUT2D eigenvalue weighted by Crippen LogP contribution is 2.29. The number of amides is 1. The second kappa shape index (κ2) is 6.37. The lowest BCUT2D eigenvalue weighted by molar-refractivity contribution is -0.125. The molecule has 0 spiro atoms. The summed E-state index contributed by atoms with van der Waals surface area (Å²) in [5, 5.41) is 5.69. The molecule has 1 saturated carbocycles. The van der Waals surface area contributed by atoms with Crippen molar-refractivity contribution >= 4 is 11.9 Å². The molecule has 1 aliphatic rings. The lowest BCUT2D eigenvalue weighted by atomic mass is 9.78. The predicted molar refractivity (Wildman–Crippen MR) is 74.1 cm³/mol. The summed E-state index contributed by atoms with van der Waals surface area (Å²) < 4.78 is 5.27. The maximum Gasteiger partial charge on any atom is 0.408 e. The van der Waals surface area contributed by atoms with Crippen molar-refractivity contribution in [1.82, 2.24) is 10.6 Å². The van der Waals surface area contributed by atoms with E-state index < -0.39 is 17.2 Å². The Kier molecular flexibility index (Phi) is 5.35. The minimum atomic E-state index is -0.746. The number of nitrogens with one attached hydrogen (secondary N) is 2. The van der Waals surface area contributed by atoms with Gasteiger partial charge in [-0.3, -0.25) is 4.79 Å². The molecule has 5 nitrogen and oxygen atoms in total. The number of ether oxygens (including phenoxy) is 1. The van der Waals surface area contributed by atoms with Crippen LogP contribution in [-0.4, -0.2) is 36.6 Å². The van der Waals surface area contributed by atoms with E-state index in [1.165, 1.54) is 0 Å². The highest BCUT2D eigenvalue weighted by Gasteiger charge is 2.40. The quantitative estimate of drug-likeness (QED) is 0.820. The Morgan fingerprint density at radius 3 is 2.21 bits per heavy atom. The van der Waals surface area contributed by atoms with Gasteiger partial charge in [0.2, 0.25) is 0 Å². The van der Waals surface area contributed by atoms with Crippen LogP contribution in [0.1, 0.15) is 52.9 Å². The van der Waals surface area contributed by atoms with Gasteiger partial charge in [-0.25, -0.2) is 4.79 Å². The molecule has 110 valence electrons.